The van der Waals surface area contributed by atoms with Gasteiger partial charge in [0.05, 0.1) is 25.4 Å². The Morgan fingerprint density at radius 1 is 0.491 bits per heavy atom. The fourth-order valence-electron chi connectivity index (χ4n) is 7.31. The van der Waals surface area contributed by atoms with Crippen LogP contribution >= 0.6 is 0 Å². The Morgan fingerprint density at radius 2 is 0.877 bits per heavy atom. The van der Waals surface area contributed by atoms with Crippen molar-refractivity contribution >= 4 is 11.9 Å². The molecule has 0 spiro atoms. The summed E-state index contributed by atoms with van der Waals surface area (Å²) in [4.78, 5) is 24.4. The Hall–Kier alpha value is -1.92. The van der Waals surface area contributed by atoms with Crippen LogP contribution in [0.3, 0.4) is 0 Å². The molecule has 0 saturated carbocycles. The molecule has 0 aliphatic heterocycles. The maximum absolute atomic E-state index is 12.4. The number of carbonyl (C=O) groups excluding carboxylic acids is 2. The van der Waals surface area contributed by atoms with Gasteiger partial charge in [-0.2, -0.15) is 0 Å². The molecular weight excluding hydrogens is 707 g/mol. The first-order valence-corrected chi connectivity index (χ1v) is 24.8. The molecule has 57 heavy (non-hydrogen) atoms. The fraction of sp³-hybridized carbons (Fsp3) is 0.843. The Balaban J connectivity index is 3.55. The van der Waals surface area contributed by atoms with Crippen molar-refractivity contribution in [2.24, 2.45) is 0 Å². The number of carbonyl (C=O) groups is 2. The molecule has 0 aromatic heterocycles. The van der Waals surface area contributed by atoms with Crippen LogP contribution in [0.15, 0.2) is 36.5 Å². The summed E-state index contributed by atoms with van der Waals surface area (Å²) in [5, 5.41) is 23.0. The number of ether oxygens (including phenoxy) is 1. The van der Waals surface area contributed by atoms with Crippen molar-refractivity contribution in [3.63, 3.8) is 0 Å². The largest absolute Gasteiger partial charge is 0.466 e. The quantitative estimate of drug-likeness (QED) is 0.0324. The molecule has 0 heterocycles. The summed E-state index contributed by atoms with van der Waals surface area (Å²) in [6, 6.07) is -0.649. The van der Waals surface area contributed by atoms with Crippen molar-refractivity contribution in [1.29, 1.82) is 0 Å². The van der Waals surface area contributed by atoms with Gasteiger partial charge in [0.15, 0.2) is 0 Å². The van der Waals surface area contributed by atoms with E-state index in [2.05, 4.69) is 43.5 Å². The van der Waals surface area contributed by atoms with Crippen molar-refractivity contribution in [3.8, 4) is 0 Å². The van der Waals surface area contributed by atoms with Gasteiger partial charge in [-0.3, -0.25) is 9.59 Å². The van der Waals surface area contributed by atoms with Gasteiger partial charge in [0, 0.05) is 12.8 Å². The van der Waals surface area contributed by atoms with E-state index >= 15 is 0 Å². The summed E-state index contributed by atoms with van der Waals surface area (Å²) in [6.07, 6.45) is 55.6. The smallest absolute Gasteiger partial charge is 0.305 e. The van der Waals surface area contributed by atoms with E-state index in [1.54, 1.807) is 6.08 Å². The van der Waals surface area contributed by atoms with Crippen molar-refractivity contribution in [2.45, 2.75) is 264 Å². The summed E-state index contributed by atoms with van der Waals surface area (Å²) >= 11 is 0. The number of hydrogen-bond acceptors (Lipinski definition) is 5. The molecule has 0 saturated heterocycles. The van der Waals surface area contributed by atoms with Gasteiger partial charge in [-0.25, -0.2) is 0 Å². The van der Waals surface area contributed by atoms with Gasteiger partial charge in [-0.05, 0) is 64.2 Å². The summed E-state index contributed by atoms with van der Waals surface area (Å²) in [5.41, 5.74) is 0. The Morgan fingerprint density at radius 3 is 1.35 bits per heavy atom. The van der Waals surface area contributed by atoms with Crippen molar-refractivity contribution in [3.05, 3.63) is 36.5 Å². The number of amides is 1. The minimum absolute atomic E-state index is 0.0414. The lowest BCUT2D eigenvalue weighted by Crippen LogP contribution is -2.45. The molecule has 0 aliphatic carbocycles. The lowest BCUT2D eigenvalue weighted by Gasteiger charge is -2.20. The van der Waals surface area contributed by atoms with Crippen LogP contribution in [0.5, 0.6) is 0 Å². The number of esters is 1. The molecule has 0 aromatic rings. The van der Waals surface area contributed by atoms with Crippen LogP contribution < -0.4 is 5.32 Å². The molecule has 2 atom stereocenters. The normalized spacial score (nSPS) is 13.0. The molecule has 1 amide bonds. The maximum Gasteiger partial charge on any atom is 0.305 e. The molecule has 0 radical (unpaired) electrons. The van der Waals surface area contributed by atoms with Crippen LogP contribution in [0.4, 0.5) is 0 Å². The third-order valence-electron chi connectivity index (χ3n) is 11.2. The minimum atomic E-state index is -0.862. The molecule has 0 fully saturated rings. The van der Waals surface area contributed by atoms with Crippen molar-refractivity contribution in [2.75, 3.05) is 13.2 Å². The zero-order chi connectivity index (χ0) is 41.5. The second-order valence-corrected chi connectivity index (χ2v) is 16.8. The lowest BCUT2D eigenvalue weighted by atomic mass is 10.0. The Labute approximate surface area is 353 Å². The fourth-order valence-corrected chi connectivity index (χ4v) is 7.31. The molecular formula is C51H95NO5. The topological polar surface area (TPSA) is 95.9 Å². The molecule has 3 N–H and O–H groups in total. The van der Waals surface area contributed by atoms with E-state index in [9.17, 15) is 19.8 Å². The lowest BCUT2D eigenvalue weighted by molar-refractivity contribution is -0.143. The van der Waals surface area contributed by atoms with Crippen molar-refractivity contribution in [1.82, 2.24) is 5.32 Å². The monoisotopic (exact) mass is 802 g/mol. The molecule has 6 heteroatoms. The molecule has 0 bridgehead atoms. The van der Waals surface area contributed by atoms with Gasteiger partial charge in [0.1, 0.15) is 0 Å². The van der Waals surface area contributed by atoms with Crippen LogP contribution in [0.1, 0.15) is 251 Å². The SMILES string of the molecule is CCCCCC/C=C\C/C=C\CCCCCCCC(=O)OCCCCCCCCCCCC(=O)NC(CO)C(O)/C=C/CCCCCCCCCCCCCCC. The van der Waals surface area contributed by atoms with Gasteiger partial charge >= 0.3 is 5.97 Å². The second kappa shape index (κ2) is 46.8. The standard InChI is InChI=1S/C51H95NO5/c1-3-5-7-9-11-13-15-17-19-21-23-25-29-33-37-41-45-51(56)57-46-42-38-34-30-26-28-32-36-40-44-50(55)52-48(47-53)49(54)43-39-35-31-27-24-22-20-18-16-14-12-10-8-6-4-2/h13,15,19,21,39,43,48-49,53-54H,3-12,14,16-18,20,22-38,40-42,44-47H2,1-2H3,(H,52,55)/b15-13-,21-19-,43-39+. The predicted octanol–water partition coefficient (Wildman–Crippen LogP) is 14.5. The number of rotatable bonds is 45. The molecule has 0 aliphatic rings. The second-order valence-electron chi connectivity index (χ2n) is 16.8. The van der Waals surface area contributed by atoms with Gasteiger partial charge in [0.2, 0.25) is 5.91 Å². The highest BCUT2D eigenvalue weighted by Gasteiger charge is 2.18. The van der Waals surface area contributed by atoms with E-state index in [4.69, 9.17) is 4.74 Å². The van der Waals surface area contributed by atoms with Gasteiger partial charge in [0.25, 0.3) is 0 Å². The third-order valence-corrected chi connectivity index (χ3v) is 11.2. The third kappa shape index (κ3) is 43.5. The zero-order valence-electron chi connectivity index (χ0n) is 37.8. The average molecular weight is 802 g/mol. The predicted molar refractivity (Wildman–Crippen MR) is 246 cm³/mol. The highest BCUT2D eigenvalue weighted by Crippen LogP contribution is 2.15. The minimum Gasteiger partial charge on any atom is -0.466 e. The molecule has 2 unspecified atom stereocenters. The van der Waals surface area contributed by atoms with Crippen LogP contribution in [-0.4, -0.2) is 47.4 Å². The van der Waals surface area contributed by atoms with Crippen molar-refractivity contribution < 1.29 is 24.5 Å². The first-order chi connectivity index (χ1) is 28.0. The highest BCUT2D eigenvalue weighted by molar-refractivity contribution is 5.76. The van der Waals surface area contributed by atoms with Gasteiger partial charge in [-0.15, -0.1) is 0 Å². The maximum atomic E-state index is 12.4. The zero-order valence-corrected chi connectivity index (χ0v) is 37.8. The van der Waals surface area contributed by atoms with Gasteiger partial charge < -0.3 is 20.3 Å². The summed E-state index contributed by atoms with van der Waals surface area (Å²) in [5.74, 6) is -0.139. The Bertz CT molecular complexity index is 931. The summed E-state index contributed by atoms with van der Waals surface area (Å²) in [7, 11) is 0. The number of allylic oxidation sites excluding steroid dienone is 5. The number of aliphatic hydroxyl groups excluding tert-OH is 2. The molecule has 334 valence electrons. The van der Waals surface area contributed by atoms with Gasteiger partial charge in [-0.1, -0.05) is 211 Å². The van der Waals surface area contributed by atoms with Crippen LogP contribution in [-0.2, 0) is 14.3 Å². The van der Waals surface area contributed by atoms with E-state index in [0.717, 1.165) is 70.6 Å². The number of nitrogens with one attached hydrogen (secondary N) is 1. The van der Waals surface area contributed by atoms with E-state index < -0.39 is 12.1 Å². The van der Waals surface area contributed by atoms with E-state index in [1.165, 1.54) is 154 Å². The van der Waals surface area contributed by atoms with Crippen LogP contribution in [0, 0.1) is 0 Å². The molecule has 6 nitrogen and oxygen atoms in total. The summed E-state index contributed by atoms with van der Waals surface area (Å²) in [6.45, 7) is 4.80. The molecule has 0 aromatic carbocycles. The highest BCUT2D eigenvalue weighted by atomic mass is 16.5. The number of hydrogen-bond donors (Lipinski definition) is 3. The first-order valence-electron chi connectivity index (χ1n) is 24.8. The number of aliphatic hydroxyl groups is 2. The Kier molecular flexibility index (Phi) is 45.2. The van der Waals surface area contributed by atoms with Crippen LogP contribution in [0.2, 0.25) is 0 Å². The van der Waals surface area contributed by atoms with E-state index in [0.29, 0.717) is 19.4 Å². The number of unbranched alkanes of at least 4 members (excludes halogenated alkanes) is 30. The first kappa shape index (κ1) is 55.1. The van der Waals surface area contributed by atoms with Crippen LogP contribution in [0.25, 0.3) is 0 Å². The molecule has 0 rings (SSSR count). The average Bonchev–Trinajstić information content (AvgIpc) is 3.21. The van der Waals surface area contributed by atoms with E-state index in [-0.39, 0.29) is 18.5 Å². The van der Waals surface area contributed by atoms with E-state index in [1.807, 2.05) is 6.08 Å². The summed E-state index contributed by atoms with van der Waals surface area (Å²) < 4.78 is 5.44.